The van der Waals surface area contributed by atoms with Crippen molar-refractivity contribution in [1.82, 2.24) is 10.6 Å². The molecular weight excluding hydrogens is 388 g/mol. The summed E-state index contributed by atoms with van der Waals surface area (Å²) in [6.45, 7) is 0.959. The van der Waals surface area contributed by atoms with Crippen LogP contribution >= 0.6 is 0 Å². The Morgan fingerprint density at radius 1 is 0.806 bits per heavy atom. The van der Waals surface area contributed by atoms with Crippen LogP contribution in [0.1, 0.15) is 21.5 Å². The van der Waals surface area contributed by atoms with Gasteiger partial charge in [0.25, 0.3) is 5.91 Å². The Labute approximate surface area is 183 Å². The molecule has 0 aromatic heterocycles. The fourth-order valence-corrected chi connectivity index (χ4v) is 3.20. The zero-order valence-corrected chi connectivity index (χ0v) is 17.9. The summed E-state index contributed by atoms with van der Waals surface area (Å²) in [4.78, 5) is 27.0. The van der Waals surface area contributed by atoms with Crippen LogP contribution in [0.2, 0.25) is 0 Å². The van der Waals surface area contributed by atoms with E-state index in [0.29, 0.717) is 24.3 Å². The Balaban J connectivity index is 1.62. The number of urea groups is 1. The summed E-state index contributed by atoms with van der Waals surface area (Å²) >= 11 is 0. The van der Waals surface area contributed by atoms with Crippen LogP contribution in [-0.4, -0.2) is 32.6 Å². The molecule has 0 aliphatic heterocycles. The topological polar surface area (TPSA) is 73.5 Å². The average Bonchev–Trinajstić information content (AvgIpc) is 2.79. The maximum absolute atomic E-state index is 12.8. The van der Waals surface area contributed by atoms with Crippen LogP contribution in [0.3, 0.4) is 0 Å². The van der Waals surface area contributed by atoms with Gasteiger partial charge in [-0.25, -0.2) is 4.79 Å². The van der Waals surface area contributed by atoms with Crippen molar-refractivity contribution in [2.45, 2.75) is 13.0 Å². The molecule has 0 aliphatic rings. The molecule has 0 bridgehead atoms. The third-order valence-corrected chi connectivity index (χ3v) is 4.82. The highest BCUT2D eigenvalue weighted by Crippen LogP contribution is 2.23. The molecule has 3 rings (SSSR count). The van der Waals surface area contributed by atoms with Crippen molar-refractivity contribution in [2.75, 3.05) is 30.9 Å². The number of amides is 3. The van der Waals surface area contributed by atoms with Crippen LogP contribution in [0.5, 0.6) is 0 Å². The molecule has 0 unspecified atom stereocenters. The Hall–Kier alpha value is -3.80. The quantitative estimate of drug-likeness (QED) is 0.519. The predicted octanol–water partition coefficient (Wildman–Crippen LogP) is 4.05. The normalized spacial score (nSPS) is 10.3. The number of rotatable bonds is 8. The summed E-state index contributed by atoms with van der Waals surface area (Å²) in [6, 6.07) is 24.7. The highest BCUT2D eigenvalue weighted by Gasteiger charge is 2.14. The highest BCUT2D eigenvalue weighted by atomic mass is 16.2. The summed E-state index contributed by atoms with van der Waals surface area (Å²) < 4.78 is 0. The van der Waals surface area contributed by atoms with Gasteiger partial charge in [-0.15, -0.1) is 0 Å². The lowest BCUT2D eigenvalue weighted by molar-refractivity contribution is 0.0954. The Bertz CT molecular complexity index is 1000. The van der Waals surface area contributed by atoms with Crippen LogP contribution in [0.25, 0.3) is 0 Å². The number of benzene rings is 3. The van der Waals surface area contributed by atoms with Crippen molar-refractivity contribution in [3.8, 4) is 0 Å². The number of anilines is 2. The van der Waals surface area contributed by atoms with Gasteiger partial charge >= 0.3 is 6.03 Å². The molecule has 3 aromatic rings. The lowest BCUT2D eigenvalue weighted by Gasteiger charge is -2.18. The number of hydrogen-bond acceptors (Lipinski definition) is 3. The first-order chi connectivity index (χ1) is 15.0. The van der Waals surface area contributed by atoms with E-state index in [9.17, 15) is 9.59 Å². The van der Waals surface area contributed by atoms with E-state index in [-0.39, 0.29) is 11.9 Å². The van der Waals surface area contributed by atoms with E-state index in [0.717, 1.165) is 17.7 Å². The van der Waals surface area contributed by atoms with E-state index < -0.39 is 0 Å². The number of nitrogens with one attached hydrogen (secondary N) is 3. The van der Waals surface area contributed by atoms with Crippen LogP contribution in [0.15, 0.2) is 78.9 Å². The second kappa shape index (κ2) is 10.8. The Kier molecular flexibility index (Phi) is 7.65. The molecular formula is C25H28N4O2. The van der Waals surface area contributed by atoms with Gasteiger partial charge in [0.05, 0.1) is 5.56 Å². The summed E-state index contributed by atoms with van der Waals surface area (Å²) in [5, 5.41) is 8.61. The molecule has 0 spiro atoms. The lowest BCUT2D eigenvalue weighted by Crippen LogP contribution is -2.29. The molecule has 0 heterocycles. The van der Waals surface area contributed by atoms with Gasteiger partial charge in [-0.2, -0.15) is 0 Å². The first-order valence-corrected chi connectivity index (χ1v) is 10.2. The van der Waals surface area contributed by atoms with Gasteiger partial charge in [-0.1, -0.05) is 60.7 Å². The van der Waals surface area contributed by atoms with Gasteiger partial charge in [0.2, 0.25) is 0 Å². The summed E-state index contributed by atoms with van der Waals surface area (Å²) in [6.07, 6.45) is 0.754. The number of nitrogens with zero attached hydrogens (tertiary/aromatic N) is 1. The van der Waals surface area contributed by atoms with Gasteiger partial charge in [0, 0.05) is 38.6 Å². The van der Waals surface area contributed by atoms with Crippen molar-refractivity contribution in [2.24, 2.45) is 0 Å². The van der Waals surface area contributed by atoms with E-state index in [1.807, 2.05) is 85.7 Å². The van der Waals surface area contributed by atoms with Gasteiger partial charge in [-0.05, 0) is 35.7 Å². The molecule has 160 valence electrons. The summed E-state index contributed by atoms with van der Waals surface area (Å²) in [5.41, 5.74) is 4.04. The first-order valence-electron chi connectivity index (χ1n) is 10.2. The van der Waals surface area contributed by atoms with Gasteiger partial charge in [0.1, 0.15) is 0 Å². The molecule has 3 amide bonds. The van der Waals surface area contributed by atoms with E-state index in [1.165, 1.54) is 5.56 Å². The van der Waals surface area contributed by atoms with Gasteiger partial charge in [-0.3, -0.25) is 4.79 Å². The largest absolute Gasteiger partial charge is 0.377 e. The maximum Gasteiger partial charge on any atom is 0.319 e. The minimum atomic E-state index is -0.322. The molecule has 0 atom stereocenters. The van der Waals surface area contributed by atoms with E-state index in [1.54, 1.807) is 12.1 Å². The lowest BCUT2D eigenvalue weighted by atomic mass is 10.1. The maximum atomic E-state index is 12.8. The molecule has 0 saturated carbocycles. The summed E-state index contributed by atoms with van der Waals surface area (Å²) in [5.74, 6) is -0.173. The van der Waals surface area contributed by atoms with E-state index in [2.05, 4.69) is 16.0 Å². The fourth-order valence-electron chi connectivity index (χ4n) is 3.20. The third kappa shape index (κ3) is 6.60. The van der Waals surface area contributed by atoms with Crippen LogP contribution in [0.4, 0.5) is 16.2 Å². The molecule has 6 heteroatoms. The summed E-state index contributed by atoms with van der Waals surface area (Å²) in [7, 11) is 3.77. The fraction of sp³-hybridized carbons (Fsp3) is 0.200. The minimum Gasteiger partial charge on any atom is -0.377 e. The third-order valence-electron chi connectivity index (χ3n) is 4.82. The minimum absolute atomic E-state index is 0.173. The Morgan fingerprint density at radius 2 is 1.45 bits per heavy atom. The molecule has 3 N–H and O–H groups in total. The van der Waals surface area contributed by atoms with Gasteiger partial charge < -0.3 is 20.9 Å². The SMILES string of the molecule is CN(C)c1ccc(NC(=O)NCc2ccccc2)cc1C(=O)NCCc1ccccc1. The molecule has 6 nitrogen and oxygen atoms in total. The van der Waals surface area contributed by atoms with Crippen molar-refractivity contribution < 1.29 is 9.59 Å². The molecule has 0 aliphatic carbocycles. The number of carbonyl (C=O) groups excluding carboxylic acids is 2. The molecule has 0 radical (unpaired) electrons. The highest BCUT2D eigenvalue weighted by molar-refractivity contribution is 6.01. The van der Waals surface area contributed by atoms with Crippen molar-refractivity contribution >= 4 is 23.3 Å². The number of carbonyl (C=O) groups is 2. The Morgan fingerprint density at radius 3 is 2.10 bits per heavy atom. The number of hydrogen-bond donors (Lipinski definition) is 3. The van der Waals surface area contributed by atoms with Crippen LogP contribution in [-0.2, 0) is 13.0 Å². The molecule has 31 heavy (non-hydrogen) atoms. The zero-order chi connectivity index (χ0) is 22.1. The second-order valence-corrected chi connectivity index (χ2v) is 7.41. The molecule has 0 saturated heterocycles. The molecule has 3 aromatic carbocycles. The van der Waals surface area contributed by atoms with Crippen LogP contribution < -0.4 is 20.9 Å². The predicted molar refractivity (Wildman–Crippen MR) is 126 cm³/mol. The molecule has 0 fully saturated rings. The second-order valence-electron chi connectivity index (χ2n) is 7.41. The smallest absolute Gasteiger partial charge is 0.319 e. The standard InChI is InChI=1S/C25H28N4O2/c1-29(2)23-14-13-21(28-25(31)27-18-20-11-7-4-8-12-20)17-22(23)24(30)26-16-15-19-9-5-3-6-10-19/h3-14,17H,15-16,18H2,1-2H3,(H,26,30)(H2,27,28,31). The van der Waals surface area contributed by atoms with Crippen molar-refractivity contribution in [3.05, 3.63) is 95.6 Å². The first kappa shape index (κ1) is 21.9. The van der Waals surface area contributed by atoms with E-state index in [4.69, 9.17) is 0 Å². The monoisotopic (exact) mass is 416 g/mol. The van der Waals surface area contributed by atoms with Gasteiger partial charge in [0.15, 0.2) is 0 Å². The van der Waals surface area contributed by atoms with Crippen molar-refractivity contribution in [3.63, 3.8) is 0 Å². The van der Waals surface area contributed by atoms with Crippen LogP contribution in [0, 0.1) is 0 Å². The van der Waals surface area contributed by atoms with Crippen molar-refractivity contribution in [1.29, 1.82) is 0 Å². The van der Waals surface area contributed by atoms with E-state index >= 15 is 0 Å². The zero-order valence-electron chi connectivity index (χ0n) is 17.9. The average molecular weight is 417 g/mol.